The molecular formula is C27H22N6. The Morgan fingerprint density at radius 3 is 0.939 bits per heavy atom. The van der Waals surface area contributed by atoms with E-state index in [0.29, 0.717) is 11.9 Å². The normalized spacial score (nSPS) is 10.5. The molecule has 1 heterocycles. The molecule has 0 unspecified atom stereocenters. The molecule has 0 aliphatic rings. The number of hydrogen-bond acceptors (Lipinski definition) is 6. The number of nitrogen functional groups attached to an aromatic ring is 1. The van der Waals surface area contributed by atoms with E-state index in [0.717, 1.165) is 22.7 Å². The minimum atomic E-state index is 0.142. The summed E-state index contributed by atoms with van der Waals surface area (Å²) in [5.41, 5.74) is 9.92. The Hall–Kier alpha value is -4.71. The summed E-state index contributed by atoms with van der Waals surface area (Å²) in [5, 5.41) is 0. The van der Waals surface area contributed by atoms with Crippen LogP contribution in [0.2, 0.25) is 0 Å². The summed E-state index contributed by atoms with van der Waals surface area (Å²) in [5.74, 6) is 1.02. The van der Waals surface area contributed by atoms with Gasteiger partial charge in [-0.3, -0.25) is 9.80 Å². The van der Waals surface area contributed by atoms with Gasteiger partial charge < -0.3 is 5.73 Å². The van der Waals surface area contributed by atoms with Crippen LogP contribution in [0.15, 0.2) is 121 Å². The van der Waals surface area contributed by atoms with E-state index in [1.807, 2.05) is 131 Å². The van der Waals surface area contributed by atoms with Gasteiger partial charge in [-0.1, -0.05) is 72.8 Å². The van der Waals surface area contributed by atoms with Gasteiger partial charge in [-0.05, 0) is 48.5 Å². The molecule has 2 N–H and O–H groups in total. The molecule has 0 bridgehead atoms. The number of nitrogens with two attached hydrogens (primary N) is 1. The lowest BCUT2D eigenvalue weighted by atomic mass is 10.2. The van der Waals surface area contributed by atoms with Crippen molar-refractivity contribution in [2.45, 2.75) is 0 Å². The third-order valence-corrected chi connectivity index (χ3v) is 5.09. The molecule has 0 amide bonds. The van der Waals surface area contributed by atoms with Crippen LogP contribution in [0.1, 0.15) is 0 Å². The highest BCUT2D eigenvalue weighted by atomic mass is 15.4. The van der Waals surface area contributed by atoms with Gasteiger partial charge in [-0.2, -0.15) is 15.0 Å². The smallest absolute Gasteiger partial charge is 0.241 e. The zero-order valence-electron chi connectivity index (χ0n) is 17.9. The Morgan fingerprint density at radius 2 is 0.667 bits per heavy atom. The van der Waals surface area contributed by atoms with Crippen LogP contribution in [0.4, 0.5) is 40.6 Å². The van der Waals surface area contributed by atoms with Gasteiger partial charge in [0.05, 0.1) is 0 Å². The predicted octanol–water partition coefficient (Wildman–Crippen LogP) is 6.39. The van der Waals surface area contributed by atoms with Crippen molar-refractivity contribution in [1.29, 1.82) is 0 Å². The fourth-order valence-corrected chi connectivity index (χ4v) is 3.64. The number of aromatic nitrogens is 3. The number of nitrogens with zero attached hydrogens (tertiary/aromatic N) is 5. The molecule has 160 valence electrons. The molecule has 0 fully saturated rings. The van der Waals surface area contributed by atoms with Crippen molar-refractivity contribution in [3.05, 3.63) is 121 Å². The third-order valence-electron chi connectivity index (χ3n) is 5.09. The molecule has 0 spiro atoms. The number of benzene rings is 4. The molecule has 6 nitrogen and oxygen atoms in total. The van der Waals surface area contributed by atoms with Gasteiger partial charge in [0.25, 0.3) is 0 Å². The summed E-state index contributed by atoms with van der Waals surface area (Å²) in [6.45, 7) is 0. The van der Waals surface area contributed by atoms with Crippen LogP contribution in [-0.4, -0.2) is 15.0 Å². The van der Waals surface area contributed by atoms with E-state index in [4.69, 9.17) is 10.7 Å². The van der Waals surface area contributed by atoms with Crippen molar-refractivity contribution in [3.63, 3.8) is 0 Å². The maximum absolute atomic E-state index is 6.23. The Labute approximate surface area is 192 Å². The quantitative estimate of drug-likeness (QED) is 0.336. The van der Waals surface area contributed by atoms with E-state index in [1.165, 1.54) is 0 Å². The fourth-order valence-electron chi connectivity index (χ4n) is 3.64. The average molecular weight is 431 g/mol. The SMILES string of the molecule is Nc1nc(N(c2ccccc2)c2ccccc2)nc(N(c2ccccc2)c2ccccc2)n1. The van der Waals surface area contributed by atoms with E-state index in [1.54, 1.807) is 0 Å². The molecule has 0 saturated carbocycles. The minimum Gasteiger partial charge on any atom is -0.368 e. The van der Waals surface area contributed by atoms with Crippen LogP contribution in [0.25, 0.3) is 0 Å². The van der Waals surface area contributed by atoms with E-state index in [9.17, 15) is 0 Å². The summed E-state index contributed by atoms with van der Waals surface area (Å²) < 4.78 is 0. The zero-order valence-corrected chi connectivity index (χ0v) is 17.9. The second-order valence-electron chi connectivity index (χ2n) is 7.31. The van der Waals surface area contributed by atoms with Crippen molar-refractivity contribution in [3.8, 4) is 0 Å². The van der Waals surface area contributed by atoms with Gasteiger partial charge in [-0.25, -0.2) is 0 Å². The average Bonchev–Trinajstić information content (AvgIpc) is 2.87. The number of rotatable bonds is 6. The van der Waals surface area contributed by atoms with Crippen LogP contribution < -0.4 is 15.5 Å². The largest absolute Gasteiger partial charge is 0.368 e. The molecule has 0 atom stereocenters. The van der Waals surface area contributed by atoms with Gasteiger partial charge in [0.15, 0.2) is 0 Å². The number of anilines is 7. The van der Waals surface area contributed by atoms with Crippen LogP contribution in [-0.2, 0) is 0 Å². The van der Waals surface area contributed by atoms with Crippen LogP contribution in [0, 0.1) is 0 Å². The van der Waals surface area contributed by atoms with Crippen molar-refractivity contribution in [2.24, 2.45) is 0 Å². The highest BCUT2D eigenvalue weighted by molar-refractivity contribution is 5.76. The first-order chi connectivity index (χ1) is 16.3. The lowest BCUT2D eigenvalue weighted by molar-refractivity contribution is 0.992. The minimum absolute atomic E-state index is 0.142. The monoisotopic (exact) mass is 430 g/mol. The Morgan fingerprint density at radius 1 is 0.394 bits per heavy atom. The van der Waals surface area contributed by atoms with Gasteiger partial charge >= 0.3 is 0 Å². The molecule has 6 heteroatoms. The molecule has 5 rings (SSSR count). The first kappa shape index (κ1) is 20.2. The lowest BCUT2D eigenvalue weighted by Gasteiger charge is -2.26. The molecule has 0 aliphatic heterocycles. The van der Waals surface area contributed by atoms with E-state index in [-0.39, 0.29) is 5.95 Å². The van der Waals surface area contributed by atoms with Crippen molar-refractivity contribution < 1.29 is 0 Å². The van der Waals surface area contributed by atoms with Crippen LogP contribution in [0.3, 0.4) is 0 Å². The summed E-state index contributed by atoms with van der Waals surface area (Å²) in [7, 11) is 0. The fraction of sp³-hybridized carbons (Fsp3) is 0. The second kappa shape index (κ2) is 9.20. The summed E-state index contributed by atoms with van der Waals surface area (Å²) in [4.78, 5) is 17.8. The van der Waals surface area contributed by atoms with Gasteiger partial charge in [0.2, 0.25) is 17.8 Å². The van der Waals surface area contributed by atoms with Gasteiger partial charge in [0.1, 0.15) is 0 Å². The molecule has 0 aliphatic carbocycles. The van der Waals surface area contributed by atoms with Crippen molar-refractivity contribution in [1.82, 2.24) is 15.0 Å². The highest BCUT2D eigenvalue weighted by Crippen LogP contribution is 2.36. The van der Waals surface area contributed by atoms with Crippen LogP contribution >= 0.6 is 0 Å². The van der Waals surface area contributed by atoms with E-state index < -0.39 is 0 Å². The molecule has 5 aromatic rings. The van der Waals surface area contributed by atoms with Crippen molar-refractivity contribution >= 4 is 40.6 Å². The number of para-hydroxylation sites is 4. The number of hydrogen-bond donors (Lipinski definition) is 1. The molecular weight excluding hydrogens is 408 g/mol. The second-order valence-corrected chi connectivity index (χ2v) is 7.31. The topological polar surface area (TPSA) is 71.2 Å². The van der Waals surface area contributed by atoms with Crippen LogP contribution in [0.5, 0.6) is 0 Å². The summed E-state index contributed by atoms with van der Waals surface area (Å²) >= 11 is 0. The maximum atomic E-state index is 6.23. The predicted molar refractivity (Wildman–Crippen MR) is 134 cm³/mol. The maximum Gasteiger partial charge on any atom is 0.241 e. The zero-order chi connectivity index (χ0) is 22.5. The first-order valence-electron chi connectivity index (χ1n) is 10.6. The summed E-state index contributed by atoms with van der Waals surface area (Å²) in [6.07, 6.45) is 0. The Kier molecular flexibility index (Phi) is 5.63. The first-order valence-corrected chi connectivity index (χ1v) is 10.6. The van der Waals surface area contributed by atoms with Gasteiger partial charge in [0, 0.05) is 22.7 Å². The third kappa shape index (κ3) is 4.36. The van der Waals surface area contributed by atoms with E-state index in [2.05, 4.69) is 9.97 Å². The molecule has 0 radical (unpaired) electrons. The van der Waals surface area contributed by atoms with Gasteiger partial charge in [-0.15, -0.1) is 0 Å². The Balaban J connectivity index is 1.69. The molecule has 0 saturated heterocycles. The summed E-state index contributed by atoms with van der Waals surface area (Å²) in [6, 6.07) is 39.9. The molecule has 1 aromatic heterocycles. The highest BCUT2D eigenvalue weighted by Gasteiger charge is 2.21. The van der Waals surface area contributed by atoms with Crippen molar-refractivity contribution in [2.75, 3.05) is 15.5 Å². The Bertz CT molecular complexity index is 1130. The lowest BCUT2D eigenvalue weighted by Crippen LogP contribution is -2.19. The standard InChI is InChI=1S/C27H22N6/c28-25-29-26(32(21-13-5-1-6-14-21)22-15-7-2-8-16-22)31-27(30-25)33(23-17-9-3-10-18-23)24-19-11-4-12-20-24/h1-20H,(H2,28,29,30,31). The molecule has 4 aromatic carbocycles. The van der Waals surface area contributed by atoms with E-state index >= 15 is 0 Å². The molecule has 33 heavy (non-hydrogen) atoms.